The zero-order valence-corrected chi connectivity index (χ0v) is 19.3. The Kier molecular flexibility index (Phi) is 6.19. The van der Waals surface area contributed by atoms with E-state index in [1.54, 1.807) is 11.0 Å². The van der Waals surface area contributed by atoms with Gasteiger partial charge in [-0.05, 0) is 56.4 Å². The number of rotatable bonds is 4. The number of likely N-dealkylation sites (tertiary alicyclic amines) is 1. The van der Waals surface area contributed by atoms with Crippen LogP contribution >= 0.6 is 0 Å². The molecule has 2 aromatic rings. The molecule has 3 aliphatic rings. The van der Waals surface area contributed by atoms with E-state index in [2.05, 4.69) is 41.4 Å². The number of urea groups is 1. The molecule has 6 heteroatoms. The standard InChI is InChI=1S/C27H33FN4O/c1-20-18-27(15-16-31(20)19-21-9-4-2-5-10-21)25(29-23-12-6-3-7-13-23)30-26(33)32(27)24-14-8-11-22(28)17-24/h2,4-5,8-11,14,17,20,23H,3,6-7,12-13,15-16,18-19H2,1H3,(H,29,30,33)/t20-,27?/m0/s1. The van der Waals surface area contributed by atoms with Gasteiger partial charge in [-0.25, -0.2) is 9.18 Å². The first kappa shape index (κ1) is 22.1. The minimum Gasteiger partial charge on any atom is -0.296 e. The number of carbonyl (C=O) groups excluding carboxylic acids is 1. The van der Waals surface area contributed by atoms with Crippen LogP contribution in [0.2, 0.25) is 0 Å². The highest BCUT2D eigenvalue weighted by molar-refractivity contribution is 6.19. The van der Waals surface area contributed by atoms with Gasteiger partial charge in [0.1, 0.15) is 17.2 Å². The van der Waals surface area contributed by atoms with Crippen LogP contribution in [-0.2, 0) is 6.54 Å². The third kappa shape index (κ3) is 4.41. The van der Waals surface area contributed by atoms with Crippen LogP contribution in [0.4, 0.5) is 14.9 Å². The van der Waals surface area contributed by atoms with Crippen LogP contribution in [0.3, 0.4) is 0 Å². The summed E-state index contributed by atoms with van der Waals surface area (Å²) in [5, 5.41) is 3.11. The van der Waals surface area contributed by atoms with Crippen LogP contribution in [0.25, 0.3) is 0 Å². The van der Waals surface area contributed by atoms with E-state index >= 15 is 0 Å². The molecule has 2 saturated heterocycles. The summed E-state index contributed by atoms with van der Waals surface area (Å²) in [6.45, 7) is 3.96. The number of hydrogen-bond acceptors (Lipinski definition) is 3. The van der Waals surface area contributed by atoms with E-state index < -0.39 is 5.54 Å². The molecule has 1 unspecified atom stereocenters. The second-order valence-electron chi connectivity index (χ2n) is 9.81. The van der Waals surface area contributed by atoms with Crippen LogP contribution in [0.5, 0.6) is 0 Å². The van der Waals surface area contributed by atoms with Crippen LogP contribution in [-0.4, -0.2) is 40.9 Å². The molecular weight excluding hydrogens is 415 g/mol. The van der Waals surface area contributed by atoms with Gasteiger partial charge in [0.25, 0.3) is 0 Å². The van der Waals surface area contributed by atoms with Crippen molar-refractivity contribution in [3.05, 3.63) is 66.0 Å². The van der Waals surface area contributed by atoms with Gasteiger partial charge in [-0.1, -0.05) is 55.7 Å². The van der Waals surface area contributed by atoms with E-state index in [9.17, 15) is 9.18 Å². The molecular formula is C27H33FN4O. The number of nitrogens with zero attached hydrogens (tertiary/aromatic N) is 3. The Morgan fingerprint density at radius 2 is 1.88 bits per heavy atom. The molecule has 1 saturated carbocycles. The minimum absolute atomic E-state index is 0.195. The van der Waals surface area contributed by atoms with Gasteiger partial charge in [-0.15, -0.1) is 0 Å². The number of amides is 2. The lowest BCUT2D eigenvalue weighted by Crippen LogP contribution is -2.59. The molecule has 1 aliphatic carbocycles. The molecule has 0 bridgehead atoms. The van der Waals surface area contributed by atoms with Crippen molar-refractivity contribution in [2.45, 2.75) is 76.0 Å². The molecule has 0 aromatic heterocycles. The van der Waals surface area contributed by atoms with Crippen molar-refractivity contribution in [1.29, 1.82) is 0 Å². The summed E-state index contributed by atoms with van der Waals surface area (Å²) < 4.78 is 14.2. The van der Waals surface area contributed by atoms with Crippen LogP contribution in [0.1, 0.15) is 57.4 Å². The number of benzene rings is 2. The molecule has 3 fully saturated rings. The van der Waals surface area contributed by atoms with Crippen molar-refractivity contribution < 1.29 is 9.18 Å². The van der Waals surface area contributed by atoms with Gasteiger partial charge < -0.3 is 0 Å². The average molecular weight is 449 g/mol. The fourth-order valence-electron chi connectivity index (χ4n) is 5.84. The van der Waals surface area contributed by atoms with Crippen molar-refractivity contribution in [3.8, 4) is 0 Å². The minimum atomic E-state index is -0.561. The van der Waals surface area contributed by atoms with Gasteiger partial charge in [-0.2, -0.15) is 0 Å². The second kappa shape index (κ2) is 9.26. The van der Waals surface area contributed by atoms with Crippen LogP contribution in [0.15, 0.2) is 59.6 Å². The summed E-state index contributed by atoms with van der Waals surface area (Å²) in [7, 11) is 0. The summed E-state index contributed by atoms with van der Waals surface area (Å²) in [6.07, 6.45) is 7.33. The highest BCUT2D eigenvalue weighted by Crippen LogP contribution is 2.41. The lowest BCUT2D eigenvalue weighted by Gasteiger charge is -2.47. The fourth-order valence-corrected chi connectivity index (χ4v) is 5.84. The number of piperidine rings is 1. The molecule has 174 valence electrons. The molecule has 1 N–H and O–H groups in total. The Labute approximate surface area is 195 Å². The molecule has 2 atom stereocenters. The van der Waals surface area contributed by atoms with Gasteiger partial charge in [0.05, 0.1) is 6.04 Å². The quantitative estimate of drug-likeness (QED) is 0.670. The molecule has 33 heavy (non-hydrogen) atoms. The van der Waals surface area contributed by atoms with Crippen molar-refractivity contribution in [2.75, 3.05) is 11.4 Å². The maximum absolute atomic E-state index is 14.2. The van der Waals surface area contributed by atoms with Crippen molar-refractivity contribution in [1.82, 2.24) is 10.2 Å². The Bertz CT molecular complexity index is 1020. The lowest BCUT2D eigenvalue weighted by atomic mass is 9.81. The predicted molar refractivity (Wildman–Crippen MR) is 130 cm³/mol. The monoisotopic (exact) mass is 448 g/mol. The van der Waals surface area contributed by atoms with E-state index in [0.717, 1.165) is 44.6 Å². The number of anilines is 1. The highest BCUT2D eigenvalue weighted by Gasteiger charge is 2.54. The number of halogens is 1. The van der Waals surface area contributed by atoms with E-state index in [4.69, 9.17) is 4.99 Å². The SMILES string of the molecule is C[C@H]1CC2(CCN1Cc1ccccc1)C(=NC1CCCCC1)NC(=O)N2c1cccc(F)c1. The molecule has 2 heterocycles. The van der Waals surface area contributed by atoms with Crippen molar-refractivity contribution >= 4 is 17.6 Å². The number of carbonyl (C=O) groups is 1. The molecule has 5 rings (SSSR count). The van der Waals surface area contributed by atoms with Gasteiger partial charge in [0, 0.05) is 24.8 Å². The first-order valence-electron chi connectivity index (χ1n) is 12.3. The summed E-state index contributed by atoms with van der Waals surface area (Å²) in [5.74, 6) is 0.456. The van der Waals surface area contributed by atoms with Gasteiger partial charge in [-0.3, -0.25) is 20.1 Å². The first-order chi connectivity index (χ1) is 16.0. The predicted octanol–water partition coefficient (Wildman–Crippen LogP) is 5.51. The molecule has 5 nitrogen and oxygen atoms in total. The molecule has 2 aromatic carbocycles. The normalized spacial score (nSPS) is 27.9. The van der Waals surface area contributed by atoms with Crippen molar-refractivity contribution in [3.63, 3.8) is 0 Å². The van der Waals surface area contributed by atoms with Gasteiger partial charge >= 0.3 is 6.03 Å². The summed E-state index contributed by atoms with van der Waals surface area (Å²) in [5.41, 5.74) is 1.33. The zero-order valence-electron chi connectivity index (χ0n) is 19.3. The smallest absolute Gasteiger partial charge is 0.296 e. The topological polar surface area (TPSA) is 47.9 Å². The molecule has 0 radical (unpaired) electrons. The number of hydrogen-bond donors (Lipinski definition) is 1. The van der Waals surface area contributed by atoms with Crippen LogP contribution < -0.4 is 10.2 Å². The van der Waals surface area contributed by atoms with E-state index in [0.29, 0.717) is 5.69 Å². The zero-order chi connectivity index (χ0) is 22.8. The Morgan fingerprint density at radius 1 is 1.09 bits per heavy atom. The lowest BCUT2D eigenvalue weighted by molar-refractivity contribution is 0.123. The Balaban J connectivity index is 1.48. The van der Waals surface area contributed by atoms with E-state index in [-0.39, 0.29) is 23.9 Å². The van der Waals surface area contributed by atoms with Gasteiger partial charge in [0.15, 0.2) is 0 Å². The van der Waals surface area contributed by atoms with E-state index in [1.165, 1.54) is 37.0 Å². The molecule has 1 spiro atoms. The number of amidine groups is 1. The first-order valence-corrected chi connectivity index (χ1v) is 12.3. The summed E-state index contributed by atoms with van der Waals surface area (Å²) in [4.78, 5) is 22.7. The summed E-state index contributed by atoms with van der Waals surface area (Å²) in [6, 6.07) is 17.2. The average Bonchev–Trinajstić information content (AvgIpc) is 3.07. The second-order valence-corrected chi connectivity index (χ2v) is 9.81. The third-order valence-corrected chi connectivity index (χ3v) is 7.55. The van der Waals surface area contributed by atoms with Gasteiger partial charge in [0.2, 0.25) is 0 Å². The summed E-state index contributed by atoms with van der Waals surface area (Å²) >= 11 is 0. The number of nitrogens with one attached hydrogen (secondary N) is 1. The third-order valence-electron chi connectivity index (χ3n) is 7.55. The Hall–Kier alpha value is -2.73. The maximum Gasteiger partial charge on any atom is 0.328 e. The Morgan fingerprint density at radius 3 is 2.61 bits per heavy atom. The van der Waals surface area contributed by atoms with E-state index in [1.807, 2.05) is 12.1 Å². The van der Waals surface area contributed by atoms with Crippen molar-refractivity contribution in [2.24, 2.45) is 4.99 Å². The fraction of sp³-hybridized carbons (Fsp3) is 0.481. The molecule has 2 aliphatic heterocycles. The number of aliphatic imine (C=N–C) groups is 1. The molecule has 2 amide bonds. The van der Waals surface area contributed by atoms with Crippen LogP contribution in [0, 0.1) is 5.82 Å². The largest absolute Gasteiger partial charge is 0.328 e. The maximum atomic E-state index is 14.2. The highest BCUT2D eigenvalue weighted by atomic mass is 19.1.